The number of benzene rings is 1. The molecule has 0 saturated heterocycles. The summed E-state index contributed by atoms with van der Waals surface area (Å²) in [7, 11) is 0. The van der Waals surface area contributed by atoms with Gasteiger partial charge in [-0.3, -0.25) is 4.79 Å². The normalized spacial score (nSPS) is 11.3. The van der Waals surface area contributed by atoms with Crippen molar-refractivity contribution in [1.29, 1.82) is 0 Å². The zero-order valence-electron chi connectivity index (χ0n) is 14.8. The van der Waals surface area contributed by atoms with Crippen LogP contribution in [0.4, 0.5) is 0 Å². The van der Waals surface area contributed by atoms with Crippen LogP contribution < -0.4 is 0 Å². The van der Waals surface area contributed by atoms with Crippen LogP contribution in [-0.2, 0) is 11.2 Å². The third-order valence-electron chi connectivity index (χ3n) is 3.51. The lowest BCUT2D eigenvalue weighted by molar-refractivity contribution is -0.131. The van der Waals surface area contributed by atoms with Crippen LogP contribution in [0.1, 0.15) is 33.4 Å². The van der Waals surface area contributed by atoms with Crippen molar-refractivity contribution >= 4 is 28.8 Å². The molecule has 0 atom stereocenters. The highest BCUT2D eigenvalue weighted by molar-refractivity contribution is 7.13. The summed E-state index contributed by atoms with van der Waals surface area (Å²) in [5.74, 6) is 1.07. The summed E-state index contributed by atoms with van der Waals surface area (Å²) in [4.78, 5) is 19.2. The third-order valence-corrected chi connectivity index (χ3v) is 4.77. The number of carbonyl (C=O) groups is 1. The number of thiazole rings is 1. The Bertz CT molecular complexity index is 672. The van der Waals surface area contributed by atoms with Gasteiger partial charge in [0.1, 0.15) is 5.01 Å². The zero-order valence-corrected chi connectivity index (χ0v) is 16.3. The molecular weight excluding hydrogens is 340 g/mol. The Morgan fingerprint density at radius 2 is 1.79 bits per heavy atom. The van der Waals surface area contributed by atoms with Gasteiger partial charge in [0.2, 0.25) is 5.91 Å². The molecule has 3 nitrogen and oxygen atoms in total. The van der Waals surface area contributed by atoms with Gasteiger partial charge in [0, 0.05) is 24.0 Å². The van der Waals surface area contributed by atoms with Gasteiger partial charge in [-0.2, -0.15) is 0 Å². The van der Waals surface area contributed by atoms with Crippen molar-refractivity contribution in [2.24, 2.45) is 11.8 Å². The average Bonchev–Trinajstić information content (AvgIpc) is 2.94. The predicted molar refractivity (Wildman–Crippen MR) is 103 cm³/mol. The van der Waals surface area contributed by atoms with Crippen molar-refractivity contribution in [3.05, 3.63) is 40.4 Å². The Morgan fingerprint density at radius 3 is 2.38 bits per heavy atom. The van der Waals surface area contributed by atoms with Gasteiger partial charge in [-0.05, 0) is 17.9 Å². The van der Waals surface area contributed by atoms with Crippen molar-refractivity contribution < 1.29 is 4.79 Å². The fourth-order valence-electron chi connectivity index (χ4n) is 2.57. The monoisotopic (exact) mass is 364 g/mol. The molecule has 0 saturated carbocycles. The van der Waals surface area contributed by atoms with Gasteiger partial charge in [0.15, 0.2) is 0 Å². The predicted octanol–water partition coefficient (Wildman–Crippen LogP) is 5.15. The molecule has 1 aromatic heterocycles. The first-order valence-electron chi connectivity index (χ1n) is 8.34. The molecule has 1 heterocycles. The lowest BCUT2D eigenvalue weighted by Gasteiger charge is -2.26. The van der Waals surface area contributed by atoms with Gasteiger partial charge in [-0.1, -0.05) is 57.5 Å². The van der Waals surface area contributed by atoms with E-state index in [-0.39, 0.29) is 5.91 Å². The molecule has 130 valence electrons. The minimum Gasteiger partial charge on any atom is -0.342 e. The second kappa shape index (κ2) is 8.63. The first-order valence-corrected chi connectivity index (χ1v) is 9.59. The average molecular weight is 365 g/mol. The lowest BCUT2D eigenvalue weighted by Crippen LogP contribution is -2.38. The van der Waals surface area contributed by atoms with E-state index in [2.05, 4.69) is 32.7 Å². The van der Waals surface area contributed by atoms with E-state index in [1.807, 2.05) is 34.5 Å². The van der Waals surface area contributed by atoms with E-state index in [1.165, 1.54) is 11.3 Å². The molecule has 1 aromatic carbocycles. The van der Waals surface area contributed by atoms with Gasteiger partial charge in [0.25, 0.3) is 0 Å². The molecule has 2 aromatic rings. The van der Waals surface area contributed by atoms with E-state index < -0.39 is 0 Å². The van der Waals surface area contributed by atoms with Crippen molar-refractivity contribution in [3.63, 3.8) is 0 Å². The molecule has 24 heavy (non-hydrogen) atoms. The summed E-state index contributed by atoms with van der Waals surface area (Å²) in [6.07, 6.45) is 0.348. The van der Waals surface area contributed by atoms with Crippen LogP contribution in [0.3, 0.4) is 0 Å². The molecule has 1 amide bonds. The van der Waals surface area contributed by atoms with E-state index in [4.69, 9.17) is 11.6 Å². The number of hydrogen-bond donors (Lipinski definition) is 0. The van der Waals surface area contributed by atoms with E-state index >= 15 is 0 Å². The molecule has 0 aliphatic carbocycles. The van der Waals surface area contributed by atoms with Gasteiger partial charge < -0.3 is 4.90 Å². The smallest absolute Gasteiger partial charge is 0.228 e. The van der Waals surface area contributed by atoms with E-state index in [1.54, 1.807) is 0 Å². The first kappa shape index (κ1) is 18.9. The van der Waals surface area contributed by atoms with Crippen LogP contribution in [0.15, 0.2) is 29.6 Å². The van der Waals surface area contributed by atoms with Crippen LogP contribution >= 0.6 is 22.9 Å². The summed E-state index contributed by atoms with van der Waals surface area (Å²) < 4.78 is 0. The Morgan fingerprint density at radius 1 is 1.17 bits per heavy atom. The summed E-state index contributed by atoms with van der Waals surface area (Å²) >= 11 is 7.76. The molecule has 0 aliphatic rings. The zero-order chi connectivity index (χ0) is 17.7. The Balaban J connectivity index is 2.10. The van der Waals surface area contributed by atoms with Crippen LogP contribution in [-0.4, -0.2) is 28.9 Å². The molecular formula is C19H25ClN2OS. The molecule has 5 heteroatoms. The maximum atomic E-state index is 12.7. The highest BCUT2D eigenvalue weighted by Gasteiger charge is 2.18. The van der Waals surface area contributed by atoms with Gasteiger partial charge in [-0.15, -0.1) is 11.3 Å². The molecule has 0 aliphatic heterocycles. The molecule has 0 spiro atoms. The summed E-state index contributed by atoms with van der Waals surface area (Å²) in [6, 6.07) is 7.66. The fourth-order valence-corrected chi connectivity index (χ4v) is 3.71. The SMILES string of the molecule is CC(C)CN(CC(C)C)C(=O)Cc1csc(-c2ccccc2Cl)n1. The highest BCUT2D eigenvalue weighted by atomic mass is 35.5. The van der Waals surface area contributed by atoms with Crippen molar-refractivity contribution in [2.45, 2.75) is 34.1 Å². The third kappa shape index (κ3) is 5.32. The number of nitrogens with zero attached hydrogens (tertiary/aromatic N) is 2. The lowest BCUT2D eigenvalue weighted by atomic mass is 10.1. The van der Waals surface area contributed by atoms with E-state index in [9.17, 15) is 4.79 Å². The Hall–Kier alpha value is -1.39. The van der Waals surface area contributed by atoms with Crippen LogP contribution in [0.5, 0.6) is 0 Å². The number of aromatic nitrogens is 1. The molecule has 0 bridgehead atoms. The molecule has 2 rings (SSSR count). The maximum Gasteiger partial charge on any atom is 0.228 e. The number of rotatable bonds is 7. The first-order chi connectivity index (χ1) is 11.4. The molecule has 0 radical (unpaired) electrons. The Kier molecular flexibility index (Phi) is 6.81. The molecule has 0 unspecified atom stereocenters. The van der Waals surface area contributed by atoms with Crippen molar-refractivity contribution in [1.82, 2.24) is 9.88 Å². The number of halogens is 1. The summed E-state index contributed by atoms with van der Waals surface area (Å²) in [6.45, 7) is 10.1. The van der Waals surface area contributed by atoms with Crippen molar-refractivity contribution in [2.75, 3.05) is 13.1 Å². The van der Waals surface area contributed by atoms with Gasteiger partial charge >= 0.3 is 0 Å². The standard InChI is InChI=1S/C19H25ClN2OS/c1-13(2)10-22(11-14(3)4)18(23)9-15-12-24-19(21-15)16-7-5-6-8-17(16)20/h5-8,12-14H,9-11H2,1-4H3. The number of amides is 1. The second-order valence-electron chi connectivity index (χ2n) is 6.89. The highest BCUT2D eigenvalue weighted by Crippen LogP contribution is 2.30. The van der Waals surface area contributed by atoms with E-state index in [0.717, 1.165) is 29.4 Å². The van der Waals surface area contributed by atoms with Gasteiger partial charge in [0.05, 0.1) is 17.1 Å². The van der Waals surface area contributed by atoms with Crippen LogP contribution in [0, 0.1) is 11.8 Å². The number of hydrogen-bond acceptors (Lipinski definition) is 3. The quantitative estimate of drug-likeness (QED) is 0.680. The summed E-state index contributed by atoms with van der Waals surface area (Å²) in [5.41, 5.74) is 1.74. The van der Waals surface area contributed by atoms with Crippen molar-refractivity contribution in [3.8, 4) is 10.6 Å². The maximum absolute atomic E-state index is 12.7. The fraction of sp³-hybridized carbons (Fsp3) is 0.474. The largest absolute Gasteiger partial charge is 0.342 e. The van der Waals surface area contributed by atoms with Crippen LogP contribution in [0.25, 0.3) is 10.6 Å². The second-order valence-corrected chi connectivity index (χ2v) is 8.15. The van der Waals surface area contributed by atoms with Gasteiger partial charge in [-0.25, -0.2) is 4.98 Å². The molecule has 0 fully saturated rings. The van der Waals surface area contributed by atoms with E-state index in [0.29, 0.717) is 23.3 Å². The Labute approximate surface area is 153 Å². The number of carbonyl (C=O) groups excluding carboxylic acids is 1. The topological polar surface area (TPSA) is 33.2 Å². The minimum absolute atomic E-state index is 0.147. The minimum atomic E-state index is 0.147. The van der Waals surface area contributed by atoms with Crippen LogP contribution in [0.2, 0.25) is 5.02 Å². The molecule has 0 N–H and O–H groups in total. The summed E-state index contributed by atoms with van der Waals surface area (Å²) in [5, 5.41) is 3.51.